The predicted octanol–water partition coefficient (Wildman–Crippen LogP) is 5.11. The number of oxazole rings is 1. The molecule has 0 radical (unpaired) electrons. The van der Waals surface area contributed by atoms with E-state index in [1.54, 1.807) is 22.8 Å². The molecule has 4 rings (SSSR count). The molecule has 0 spiro atoms. The van der Waals surface area contributed by atoms with Crippen LogP contribution >= 0.6 is 23.8 Å². The maximum absolute atomic E-state index is 12.7. The third-order valence-electron chi connectivity index (χ3n) is 3.93. The van der Waals surface area contributed by atoms with Crippen molar-refractivity contribution in [1.82, 2.24) is 24.3 Å². The van der Waals surface area contributed by atoms with E-state index >= 15 is 0 Å². The van der Waals surface area contributed by atoms with Crippen LogP contribution in [0.5, 0.6) is 11.8 Å². The normalized spacial score (nSPS) is 11.9. The van der Waals surface area contributed by atoms with E-state index in [0.717, 1.165) is 6.07 Å². The molecular formula is C17H11ClF3N5O2S. The monoisotopic (exact) mass is 441 g/mol. The Kier molecular flexibility index (Phi) is 5.01. The highest BCUT2D eigenvalue weighted by Gasteiger charge is 2.33. The highest BCUT2D eigenvalue weighted by Crippen LogP contribution is 2.31. The fourth-order valence-corrected chi connectivity index (χ4v) is 3.04. The molecule has 12 heteroatoms. The fraction of sp³-hybridized carbons (Fsp3) is 0.176. The summed E-state index contributed by atoms with van der Waals surface area (Å²) in [5.41, 5.74) is 0.0271. The van der Waals surface area contributed by atoms with Gasteiger partial charge in [-0.15, -0.1) is 0 Å². The Morgan fingerprint density at radius 1 is 1.14 bits per heavy atom. The molecule has 150 valence electrons. The van der Waals surface area contributed by atoms with Gasteiger partial charge in [0.25, 0.3) is 4.84 Å². The van der Waals surface area contributed by atoms with Crippen molar-refractivity contribution in [2.75, 3.05) is 0 Å². The first-order valence-corrected chi connectivity index (χ1v) is 8.98. The number of para-hydroxylation sites is 1. The molecular weight excluding hydrogens is 431 g/mol. The molecule has 0 atom stereocenters. The Morgan fingerprint density at radius 2 is 1.90 bits per heavy atom. The zero-order chi connectivity index (χ0) is 20.6. The molecule has 0 bridgehead atoms. The van der Waals surface area contributed by atoms with Crippen LogP contribution in [0.25, 0.3) is 11.1 Å². The highest BCUT2D eigenvalue weighted by molar-refractivity contribution is 7.71. The molecule has 0 unspecified atom stereocenters. The number of halogens is 4. The van der Waals surface area contributed by atoms with Gasteiger partial charge in [0.1, 0.15) is 5.52 Å². The number of benzene rings is 1. The molecule has 0 aliphatic carbocycles. The minimum atomic E-state index is -4.50. The molecule has 3 heterocycles. The first kappa shape index (κ1) is 19.4. The van der Waals surface area contributed by atoms with E-state index in [1.165, 1.54) is 23.3 Å². The molecule has 0 fully saturated rings. The van der Waals surface area contributed by atoms with Crippen LogP contribution in [0.3, 0.4) is 0 Å². The summed E-state index contributed by atoms with van der Waals surface area (Å²) < 4.78 is 52.3. The Morgan fingerprint density at radius 3 is 2.59 bits per heavy atom. The molecule has 0 aliphatic rings. The second-order valence-corrected chi connectivity index (χ2v) is 6.66. The smallest absolute Gasteiger partial charge is 0.429 e. The summed E-state index contributed by atoms with van der Waals surface area (Å²) in [5.74, 6) is 0.376. The lowest BCUT2D eigenvalue weighted by molar-refractivity contribution is -0.141. The minimum Gasteiger partial charge on any atom is -0.429 e. The first-order chi connectivity index (χ1) is 13.8. The van der Waals surface area contributed by atoms with Crippen molar-refractivity contribution in [2.24, 2.45) is 0 Å². The Bertz CT molecular complexity index is 1220. The number of hydrogen-bond donors (Lipinski definition) is 0. The van der Waals surface area contributed by atoms with Crippen LogP contribution in [0, 0.1) is 4.84 Å². The van der Waals surface area contributed by atoms with Gasteiger partial charge < -0.3 is 9.15 Å². The van der Waals surface area contributed by atoms with E-state index in [-0.39, 0.29) is 23.9 Å². The van der Waals surface area contributed by atoms with Gasteiger partial charge in [0, 0.05) is 12.7 Å². The number of rotatable bonds is 5. The molecule has 0 N–H and O–H groups in total. The first-order valence-electron chi connectivity index (χ1n) is 8.20. The van der Waals surface area contributed by atoms with Crippen molar-refractivity contribution >= 4 is 34.9 Å². The Hall–Kier alpha value is -2.92. The third kappa shape index (κ3) is 4.10. The van der Waals surface area contributed by atoms with Gasteiger partial charge in [-0.25, -0.2) is 9.97 Å². The topological polar surface area (TPSA) is 70.9 Å². The minimum absolute atomic E-state index is 0.0717. The van der Waals surface area contributed by atoms with Crippen molar-refractivity contribution in [3.05, 3.63) is 58.4 Å². The van der Waals surface area contributed by atoms with Gasteiger partial charge in [-0.1, -0.05) is 17.7 Å². The molecule has 0 saturated heterocycles. The van der Waals surface area contributed by atoms with Gasteiger partial charge >= 0.3 is 12.2 Å². The van der Waals surface area contributed by atoms with E-state index in [2.05, 4.69) is 15.1 Å². The molecule has 4 aromatic rings. The second kappa shape index (κ2) is 7.48. The van der Waals surface area contributed by atoms with E-state index in [4.69, 9.17) is 33.0 Å². The standard InChI is InChI=1S/C17H11ClF3N5O2S/c18-10-8-22-15(23-9-10)27-11-2-1-3-12-14(11)26(16(29)28-12)7-6-25-5-4-13(24-25)17(19,20)21/h1-5,8-9H,6-7H2. The van der Waals surface area contributed by atoms with E-state index < -0.39 is 11.9 Å². The van der Waals surface area contributed by atoms with Crippen molar-refractivity contribution in [2.45, 2.75) is 19.3 Å². The number of ether oxygens (including phenoxy) is 1. The molecule has 7 nitrogen and oxygen atoms in total. The summed E-state index contributed by atoms with van der Waals surface area (Å²) in [5, 5.41) is 3.90. The lowest BCUT2D eigenvalue weighted by Crippen LogP contribution is -2.11. The average Bonchev–Trinajstić information content (AvgIpc) is 3.26. The largest absolute Gasteiger partial charge is 0.435 e. The number of aromatic nitrogens is 5. The molecule has 3 aromatic heterocycles. The quantitative estimate of drug-likeness (QED) is 0.400. The van der Waals surface area contributed by atoms with Crippen LogP contribution in [-0.4, -0.2) is 24.3 Å². The number of hydrogen-bond acceptors (Lipinski definition) is 6. The van der Waals surface area contributed by atoms with E-state index in [9.17, 15) is 13.2 Å². The number of alkyl halides is 3. The van der Waals surface area contributed by atoms with Gasteiger partial charge in [-0.2, -0.15) is 18.3 Å². The predicted molar refractivity (Wildman–Crippen MR) is 99.4 cm³/mol. The summed E-state index contributed by atoms with van der Waals surface area (Å²) in [4.78, 5) is 8.12. The summed E-state index contributed by atoms with van der Waals surface area (Å²) in [6, 6.07) is 6.07. The summed E-state index contributed by atoms with van der Waals surface area (Å²) >= 11 is 11.0. The summed E-state index contributed by atoms with van der Waals surface area (Å²) in [7, 11) is 0. The van der Waals surface area contributed by atoms with Gasteiger partial charge in [0.2, 0.25) is 0 Å². The van der Waals surface area contributed by atoms with Crippen molar-refractivity contribution in [3.63, 3.8) is 0 Å². The van der Waals surface area contributed by atoms with Crippen LogP contribution < -0.4 is 4.74 Å². The summed E-state index contributed by atoms with van der Waals surface area (Å²) in [6.45, 7) is 0.359. The van der Waals surface area contributed by atoms with Gasteiger partial charge in [0.05, 0.1) is 24.0 Å². The fourth-order valence-electron chi connectivity index (χ4n) is 2.67. The summed E-state index contributed by atoms with van der Waals surface area (Å²) in [6.07, 6.45) is -0.457. The van der Waals surface area contributed by atoms with Crippen LogP contribution in [0.2, 0.25) is 5.02 Å². The molecule has 0 amide bonds. The van der Waals surface area contributed by atoms with Gasteiger partial charge in [-0.05, 0) is 30.4 Å². The average molecular weight is 442 g/mol. The van der Waals surface area contributed by atoms with Crippen LogP contribution in [0.1, 0.15) is 5.69 Å². The number of fused-ring (bicyclic) bond motifs is 1. The van der Waals surface area contributed by atoms with Crippen LogP contribution in [0.4, 0.5) is 13.2 Å². The molecule has 1 aromatic carbocycles. The molecule has 29 heavy (non-hydrogen) atoms. The maximum Gasteiger partial charge on any atom is 0.435 e. The lowest BCUT2D eigenvalue weighted by Gasteiger charge is -2.08. The second-order valence-electron chi connectivity index (χ2n) is 5.87. The van der Waals surface area contributed by atoms with E-state index in [1.807, 2.05) is 0 Å². The van der Waals surface area contributed by atoms with Crippen molar-refractivity contribution < 1.29 is 22.3 Å². The SMILES string of the molecule is FC(F)(F)c1ccn(CCn2c(=S)oc3cccc(Oc4ncc(Cl)cn4)c32)n1. The zero-order valence-electron chi connectivity index (χ0n) is 14.4. The van der Waals surface area contributed by atoms with Crippen molar-refractivity contribution in [1.29, 1.82) is 0 Å². The Balaban J connectivity index is 1.64. The zero-order valence-corrected chi connectivity index (χ0v) is 16.0. The highest BCUT2D eigenvalue weighted by atomic mass is 35.5. The molecule has 0 saturated carbocycles. The maximum atomic E-state index is 12.7. The van der Waals surface area contributed by atoms with E-state index in [0.29, 0.717) is 21.9 Å². The van der Waals surface area contributed by atoms with Gasteiger partial charge in [-0.3, -0.25) is 9.25 Å². The third-order valence-corrected chi connectivity index (χ3v) is 4.43. The van der Waals surface area contributed by atoms with Crippen LogP contribution in [0.15, 0.2) is 47.3 Å². The Labute approximate surface area is 171 Å². The molecule has 0 aliphatic heterocycles. The number of aryl methyl sites for hydroxylation is 2. The number of nitrogens with zero attached hydrogens (tertiary/aromatic N) is 5. The van der Waals surface area contributed by atoms with Crippen LogP contribution in [-0.2, 0) is 19.3 Å². The van der Waals surface area contributed by atoms with Crippen molar-refractivity contribution in [3.8, 4) is 11.8 Å². The van der Waals surface area contributed by atoms with Gasteiger partial charge in [0.15, 0.2) is 17.0 Å². The lowest BCUT2D eigenvalue weighted by atomic mass is 10.3.